The summed E-state index contributed by atoms with van der Waals surface area (Å²) in [5.74, 6) is 0.815. The quantitative estimate of drug-likeness (QED) is 0.738. The van der Waals surface area contributed by atoms with Crippen LogP contribution < -0.4 is 16.3 Å². The van der Waals surface area contributed by atoms with Crippen LogP contribution in [0.15, 0.2) is 16.9 Å². The van der Waals surface area contributed by atoms with Gasteiger partial charge in [-0.2, -0.15) is 9.61 Å². The van der Waals surface area contributed by atoms with Crippen LogP contribution in [0.3, 0.4) is 0 Å². The largest absolute Gasteiger partial charge is 0.364 e. The Morgan fingerprint density at radius 2 is 2.15 bits per heavy atom. The van der Waals surface area contributed by atoms with Gasteiger partial charge in [-0.3, -0.25) is 0 Å². The van der Waals surface area contributed by atoms with Crippen molar-refractivity contribution >= 4 is 11.5 Å². The molecule has 0 aromatic carbocycles. The van der Waals surface area contributed by atoms with E-state index in [-0.39, 0.29) is 5.69 Å². The molecular weight excluding hydrogens is 258 g/mol. The number of nitrogens with two attached hydrogens (primary N) is 1. The SMILES string of the molecule is NCCN1CCCN(c2ccc3n[nH]c(=O)n3n2)CC1. The van der Waals surface area contributed by atoms with E-state index in [9.17, 15) is 4.79 Å². The van der Waals surface area contributed by atoms with Crippen molar-refractivity contribution in [3.63, 3.8) is 0 Å². The molecule has 0 unspecified atom stereocenters. The zero-order valence-corrected chi connectivity index (χ0v) is 11.3. The van der Waals surface area contributed by atoms with Gasteiger partial charge in [-0.15, -0.1) is 5.10 Å². The van der Waals surface area contributed by atoms with Crippen LogP contribution in [-0.4, -0.2) is 64.0 Å². The van der Waals surface area contributed by atoms with Crippen molar-refractivity contribution in [1.29, 1.82) is 0 Å². The number of hydrogen-bond donors (Lipinski definition) is 2. The molecule has 1 saturated heterocycles. The fraction of sp³-hybridized carbons (Fsp3) is 0.583. The van der Waals surface area contributed by atoms with Crippen molar-refractivity contribution < 1.29 is 0 Å². The Bertz CT molecular complexity index is 634. The number of anilines is 1. The molecule has 20 heavy (non-hydrogen) atoms. The van der Waals surface area contributed by atoms with E-state index in [1.807, 2.05) is 12.1 Å². The number of nitrogens with one attached hydrogen (secondary N) is 1. The highest BCUT2D eigenvalue weighted by molar-refractivity contribution is 5.45. The fourth-order valence-corrected chi connectivity index (χ4v) is 2.57. The van der Waals surface area contributed by atoms with Gasteiger partial charge in [0, 0.05) is 32.7 Å². The number of fused-ring (bicyclic) bond motifs is 1. The highest BCUT2D eigenvalue weighted by atomic mass is 16.2. The second-order valence-corrected chi connectivity index (χ2v) is 4.96. The Kier molecular flexibility index (Phi) is 3.66. The minimum atomic E-state index is -0.304. The summed E-state index contributed by atoms with van der Waals surface area (Å²) in [5.41, 5.74) is 5.84. The van der Waals surface area contributed by atoms with Gasteiger partial charge in [0.15, 0.2) is 5.65 Å². The van der Waals surface area contributed by atoms with Crippen molar-refractivity contribution in [2.45, 2.75) is 6.42 Å². The molecule has 3 heterocycles. The zero-order chi connectivity index (χ0) is 13.9. The predicted molar refractivity (Wildman–Crippen MR) is 75.9 cm³/mol. The van der Waals surface area contributed by atoms with Crippen LogP contribution in [0, 0.1) is 0 Å². The third-order valence-electron chi connectivity index (χ3n) is 3.62. The molecule has 1 aliphatic heterocycles. The minimum Gasteiger partial charge on any atom is -0.354 e. The molecule has 1 fully saturated rings. The molecule has 0 aliphatic carbocycles. The summed E-state index contributed by atoms with van der Waals surface area (Å²) in [5, 5.41) is 10.6. The van der Waals surface area contributed by atoms with Crippen LogP contribution in [0.1, 0.15) is 6.42 Å². The lowest BCUT2D eigenvalue weighted by molar-refractivity contribution is 0.302. The molecule has 0 saturated carbocycles. The second kappa shape index (κ2) is 5.59. The summed E-state index contributed by atoms with van der Waals surface area (Å²) in [4.78, 5) is 16.1. The normalized spacial score (nSPS) is 17.6. The van der Waals surface area contributed by atoms with Gasteiger partial charge in [-0.25, -0.2) is 9.89 Å². The van der Waals surface area contributed by atoms with Crippen molar-refractivity contribution in [1.82, 2.24) is 24.7 Å². The van der Waals surface area contributed by atoms with Crippen LogP contribution in [0.25, 0.3) is 5.65 Å². The average Bonchev–Trinajstić information content (AvgIpc) is 2.69. The van der Waals surface area contributed by atoms with Crippen LogP contribution in [0.4, 0.5) is 5.82 Å². The second-order valence-electron chi connectivity index (χ2n) is 4.96. The maximum Gasteiger partial charge on any atom is 0.364 e. The van der Waals surface area contributed by atoms with E-state index in [1.165, 1.54) is 4.52 Å². The van der Waals surface area contributed by atoms with Gasteiger partial charge in [-0.1, -0.05) is 0 Å². The van der Waals surface area contributed by atoms with E-state index in [0.29, 0.717) is 12.2 Å². The van der Waals surface area contributed by atoms with Crippen molar-refractivity contribution in [3.05, 3.63) is 22.6 Å². The maximum absolute atomic E-state index is 11.6. The molecule has 1 aliphatic rings. The first kappa shape index (κ1) is 13.1. The number of nitrogens with zero attached hydrogens (tertiary/aromatic N) is 5. The standard InChI is InChI=1S/C12H19N7O/c13-4-7-17-5-1-6-18(9-8-17)11-3-2-10-14-15-12(20)19(10)16-11/h2-3H,1,4-9,13H2,(H,15,20). The van der Waals surface area contributed by atoms with Crippen molar-refractivity contribution in [2.75, 3.05) is 44.2 Å². The van der Waals surface area contributed by atoms with E-state index in [4.69, 9.17) is 5.73 Å². The van der Waals surface area contributed by atoms with Gasteiger partial charge >= 0.3 is 5.69 Å². The van der Waals surface area contributed by atoms with Gasteiger partial charge in [-0.05, 0) is 25.1 Å². The molecule has 2 aromatic heterocycles. The summed E-state index contributed by atoms with van der Waals surface area (Å²) >= 11 is 0. The highest BCUT2D eigenvalue weighted by Crippen LogP contribution is 2.13. The number of H-pyrrole nitrogens is 1. The Labute approximate surface area is 116 Å². The topological polar surface area (TPSA) is 95.5 Å². The molecule has 2 aromatic rings. The highest BCUT2D eigenvalue weighted by Gasteiger charge is 2.16. The molecule has 8 nitrogen and oxygen atoms in total. The summed E-state index contributed by atoms with van der Waals surface area (Å²) in [7, 11) is 0. The molecule has 8 heteroatoms. The van der Waals surface area contributed by atoms with Gasteiger partial charge < -0.3 is 15.5 Å². The monoisotopic (exact) mass is 277 g/mol. The Morgan fingerprint density at radius 1 is 1.25 bits per heavy atom. The lowest BCUT2D eigenvalue weighted by atomic mass is 10.3. The number of hydrogen-bond acceptors (Lipinski definition) is 6. The van der Waals surface area contributed by atoms with Crippen LogP contribution >= 0.6 is 0 Å². The molecular formula is C12H19N7O. The van der Waals surface area contributed by atoms with Crippen LogP contribution in [-0.2, 0) is 0 Å². The first-order valence-corrected chi connectivity index (χ1v) is 6.90. The predicted octanol–water partition coefficient (Wildman–Crippen LogP) is -1.11. The number of aromatic nitrogens is 4. The number of aromatic amines is 1. The van der Waals surface area contributed by atoms with Crippen LogP contribution in [0.2, 0.25) is 0 Å². The van der Waals surface area contributed by atoms with E-state index < -0.39 is 0 Å². The van der Waals surface area contributed by atoms with Gasteiger partial charge in [0.05, 0.1) is 0 Å². The third-order valence-corrected chi connectivity index (χ3v) is 3.62. The van der Waals surface area contributed by atoms with Crippen molar-refractivity contribution in [3.8, 4) is 0 Å². The lowest BCUT2D eigenvalue weighted by Gasteiger charge is -2.22. The maximum atomic E-state index is 11.6. The zero-order valence-electron chi connectivity index (χ0n) is 11.3. The van der Waals surface area contributed by atoms with E-state index in [1.54, 1.807) is 0 Å². The van der Waals surface area contributed by atoms with E-state index >= 15 is 0 Å². The molecule has 0 atom stereocenters. The Morgan fingerprint density at radius 3 is 3.00 bits per heavy atom. The smallest absolute Gasteiger partial charge is 0.354 e. The van der Waals surface area contributed by atoms with Crippen LogP contribution in [0.5, 0.6) is 0 Å². The van der Waals surface area contributed by atoms with E-state index in [2.05, 4.69) is 25.1 Å². The molecule has 0 spiro atoms. The fourth-order valence-electron chi connectivity index (χ4n) is 2.57. The van der Waals surface area contributed by atoms with Crippen molar-refractivity contribution in [2.24, 2.45) is 5.73 Å². The minimum absolute atomic E-state index is 0.304. The molecule has 0 bridgehead atoms. The molecule has 3 rings (SSSR count). The molecule has 108 valence electrons. The summed E-state index contributed by atoms with van der Waals surface area (Å²) in [6, 6.07) is 3.72. The molecule has 0 radical (unpaired) electrons. The Hall–Kier alpha value is -1.93. The first-order chi connectivity index (χ1) is 9.78. The first-order valence-electron chi connectivity index (χ1n) is 6.90. The molecule has 3 N–H and O–H groups in total. The lowest BCUT2D eigenvalue weighted by Crippen LogP contribution is -2.34. The number of rotatable bonds is 3. The van der Waals surface area contributed by atoms with E-state index in [0.717, 1.165) is 45.0 Å². The van der Waals surface area contributed by atoms with Gasteiger partial charge in [0.25, 0.3) is 0 Å². The summed E-state index contributed by atoms with van der Waals surface area (Å²) in [6.07, 6.45) is 1.07. The molecule has 0 amide bonds. The summed E-state index contributed by atoms with van der Waals surface area (Å²) < 4.78 is 1.30. The van der Waals surface area contributed by atoms with Gasteiger partial charge in [0.1, 0.15) is 5.82 Å². The average molecular weight is 277 g/mol. The third kappa shape index (κ3) is 2.52. The van der Waals surface area contributed by atoms with Gasteiger partial charge in [0.2, 0.25) is 0 Å². The Balaban J connectivity index is 1.80. The summed E-state index contributed by atoms with van der Waals surface area (Å²) in [6.45, 7) is 5.48.